The molecule has 0 bridgehead atoms. The zero-order valence-electron chi connectivity index (χ0n) is 14.3. The Bertz CT molecular complexity index is 841. The minimum atomic E-state index is -2.86. The van der Waals surface area contributed by atoms with Gasteiger partial charge in [0.05, 0.1) is 13.7 Å². The summed E-state index contributed by atoms with van der Waals surface area (Å²) in [6, 6.07) is 13.3. The smallest absolute Gasteiger partial charge is 0.387 e. The Balaban J connectivity index is 1.47. The minimum absolute atomic E-state index is 0.0681. The number of aromatic nitrogens is 2. The third-order valence-corrected chi connectivity index (χ3v) is 4.15. The van der Waals surface area contributed by atoms with Gasteiger partial charge in [0.2, 0.25) is 5.89 Å². The van der Waals surface area contributed by atoms with E-state index in [0.717, 1.165) is 11.5 Å². The van der Waals surface area contributed by atoms with Crippen LogP contribution in [0.5, 0.6) is 17.2 Å². The van der Waals surface area contributed by atoms with Crippen molar-refractivity contribution in [2.75, 3.05) is 19.5 Å². The molecule has 1 aromatic heterocycles. The molecule has 0 amide bonds. The van der Waals surface area contributed by atoms with E-state index in [0.29, 0.717) is 29.0 Å². The standard InChI is InChI=1S/C18H16F2N2O4S/c1-23-13-6-8-14(9-7-13)24-10-11-27-18-22-21-16(26-18)12-2-4-15(5-3-12)25-17(19)20/h2-9,17H,10-11H2,1H3. The van der Waals surface area contributed by atoms with Gasteiger partial charge in [-0.25, -0.2) is 0 Å². The molecule has 9 heteroatoms. The summed E-state index contributed by atoms with van der Waals surface area (Å²) in [6.45, 7) is -2.39. The molecule has 3 rings (SSSR count). The summed E-state index contributed by atoms with van der Waals surface area (Å²) in [4.78, 5) is 0. The highest BCUT2D eigenvalue weighted by Gasteiger charge is 2.10. The second-order valence-corrected chi connectivity index (χ2v) is 6.19. The monoisotopic (exact) mass is 394 g/mol. The maximum atomic E-state index is 12.2. The number of nitrogens with zero attached hydrogens (tertiary/aromatic N) is 2. The Morgan fingerprint density at radius 3 is 2.30 bits per heavy atom. The van der Waals surface area contributed by atoms with Crippen LogP contribution >= 0.6 is 11.8 Å². The number of ether oxygens (including phenoxy) is 3. The third-order valence-electron chi connectivity index (χ3n) is 3.37. The first-order valence-electron chi connectivity index (χ1n) is 7.92. The van der Waals surface area contributed by atoms with E-state index in [2.05, 4.69) is 14.9 Å². The fourth-order valence-electron chi connectivity index (χ4n) is 2.12. The fraction of sp³-hybridized carbons (Fsp3) is 0.222. The Labute approximate surface area is 158 Å². The molecule has 3 aromatic rings. The number of thioether (sulfide) groups is 1. The fourth-order valence-corrected chi connectivity index (χ4v) is 2.70. The highest BCUT2D eigenvalue weighted by molar-refractivity contribution is 7.99. The molecular formula is C18H16F2N2O4S. The van der Waals surface area contributed by atoms with Crippen LogP contribution in [0.3, 0.4) is 0 Å². The molecule has 142 valence electrons. The van der Waals surface area contributed by atoms with Gasteiger partial charge in [0.15, 0.2) is 0 Å². The van der Waals surface area contributed by atoms with E-state index in [1.807, 2.05) is 24.3 Å². The van der Waals surface area contributed by atoms with Gasteiger partial charge < -0.3 is 18.6 Å². The molecule has 0 N–H and O–H groups in total. The quantitative estimate of drug-likeness (QED) is 0.390. The highest BCUT2D eigenvalue weighted by Crippen LogP contribution is 2.25. The summed E-state index contributed by atoms with van der Waals surface area (Å²) >= 11 is 1.36. The lowest BCUT2D eigenvalue weighted by Crippen LogP contribution is -2.01. The number of methoxy groups -OCH3 is 1. The van der Waals surface area contributed by atoms with Crippen LogP contribution in [0.4, 0.5) is 8.78 Å². The highest BCUT2D eigenvalue weighted by atomic mass is 32.2. The Morgan fingerprint density at radius 2 is 1.63 bits per heavy atom. The van der Waals surface area contributed by atoms with Gasteiger partial charge in [-0.15, -0.1) is 10.2 Å². The summed E-state index contributed by atoms with van der Waals surface area (Å²) in [5, 5.41) is 8.30. The predicted molar refractivity (Wildman–Crippen MR) is 95.6 cm³/mol. The number of rotatable bonds is 9. The SMILES string of the molecule is COc1ccc(OCCSc2nnc(-c3ccc(OC(F)F)cc3)o2)cc1. The van der Waals surface area contributed by atoms with Gasteiger partial charge >= 0.3 is 6.61 Å². The average Bonchev–Trinajstić information content (AvgIpc) is 3.15. The van der Waals surface area contributed by atoms with Crippen LogP contribution in [0.2, 0.25) is 0 Å². The van der Waals surface area contributed by atoms with Crippen LogP contribution in [0, 0.1) is 0 Å². The van der Waals surface area contributed by atoms with Crippen molar-refractivity contribution in [3.8, 4) is 28.7 Å². The molecule has 0 aliphatic carbocycles. The molecule has 2 aromatic carbocycles. The average molecular weight is 394 g/mol. The summed E-state index contributed by atoms with van der Waals surface area (Å²) in [7, 11) is 1.61. The van der Waals surface area contributed by atoms with Crippen molar-refractivity contribution in [2.45, 2.75) is 11.8 Å². The van der Waals surface area contributed by atoms with Gasteiger partial charge in [-0.05, 0) is 48.5 Å². The second kappa shape index (κ2) is 9.22. The van der Waals surface area contributed by atoms with Gasteiger partial charge in [-0.2, -0.15) is 8.78 Å². The van der Waals surface area contributed by atoms with E-state index < -0.39 is 6.61 Å². The number of benzene rings is 2. The first-order valence-corrected chi connectivity index (χ1v) is 8.91. The predicted octanol–water partition coefficient (Wildman–Crippen LogP) is 4.52. The minimum Gasteiger partial charge on any atom is -0.497 e. The number of alkyl halides is 2. The molecule has 6 nitrogen and oxygen atoms in total. The molecule has 0 aliphatic heterocycles. The molecule has 0 fully saturated rings. The van der Waals surface area contributed by atoms with Gasteiger partial charge in [0.25, 0.3) is 5.22 Å². The number of halogens is 2. The molecule has 0 spiro atoms. The molecule has 0 aliphatic rings. The first kappa shape index (κ1) is 19.0. The van der Waals surface area contributed by atoms with E-state index >= 15 is 0 Å². The largest absolute Gasteiger partial charge is 0.497 e. The summed E-state index contributed by atoms with van der Waals surface area (Å²) < 4.78 is 44.9. The summed E-state index contributed by atoms with van der Waals surface area (Å²) in [5.41, 5.74) is 0.616. The van der Waals surface area contributed by atoms with Crippen LogP contribution in [-0.4, -0.2) is 36.3 Å². The zero-order chi connectivity index (χ0) is 19.1. The van der Waals surface area contributed by atoms with Crippen molar-refractivity contribution in [3.63, 3.8) is 0 Å². The van der Waals surface area contributed by atoms with E-state index in [9.17, 15) is 8.78 Å². The van der Waals surface area contributed by atoms with Gasteiger partial charge in [0, 0.05) is 11.3 Å². The Kier molecular flexibility index (Phi) is 6.48. The molecule has 1 heterocycles. The Morgan fingerprint density at radius 1 is 0.963 bits per heavy atom. The lowest BCUT2D eigenvalue weighted by atomic mass is 10.2. The van der Waals surface area contributed by atoms with Crippen LogP contribution < -0.4 is 14.2 Å². The second-order valence-electron chi connectivity index (χ2n) is 5.15. The van der Waals surface area contributed by atoms with Gasteiger partial charge in [-0.1, -0.05) is 11.8 Å². The molecule has 0 saturated carbocycles. The van der Waals surface area contributed by atoms with Crippen molar-refractivity contribution < 1.29 is 27.4 Å². The maximum Gasteiger partial charge on any atom is 0.387 e. The van der Waals surface area contributed by atoms with Crippen LogP contribution in [0.15, 0.2) is 58.2 Å². The number of hydrogen-bond acceptors (Lipinski definition) is 7. The lowest BCUT2D eigenvalue weighted by Gasteiger charge is -2.05. The topological polar surface area (TPSA) is 66.6 Å². The molecule has 0 radical (unpaired) electrons. The van der Waals surface area contributed by atoms with Crippen LogP contribution in [0.1, 0.15) is 0 Å². The molecule has 0 unspecified atom stereocenters. The zero-order valence-corrected chi connectivity index (χ0v) is 15.1. The lowest BCUT2D eigenvalue weighted by molar-refractivity contribution is -0.0498. The molecule has 0 saturated heterocycles. The van der Waals surface area contributed by atoms with E-state index in [1.54, 1.807) is 19.2 Å². The first-order chi connectivity index (χ1) is 13.1. The number of hydrogen-bond donors (Lipinski definition) is 0. The third kappa shape index (κ3) is 5.58. The van der Waals surface area contributed by atoms with Crippen molar-refractivity contribution >= 4 is 11.8 Å². The van der Waals surface area contributed by atoms with E-state index in [-0.39, 0.29) is 5.75 Å². The maximum absolute atomic E-state index is 12.2. The van der Waals surface area contributed by atoms with Crippen molar-refractivity contribution in [3.05, 3.63) is 48.5 Å². The van der Waals surface area contributed by atoms with Gasteiger partial charge in [-0.3, -0.25) is 0 Å². The van der Waals surface area contributed by atoms with Crippen molar-refractivity contribution in [1.82, 2.24) is 10.2 Å². The van der Waals surface area contributed by atoms with E-state index in [4.69, 9.17) is 13.9 Å². The Hall–Kier alpha value is -2.81. The molecule has 27 heavy (non-hydrogen) atoms. The molecular weight excluding hydrogens is 378 g/mol. The summed E-state index contributed by atoms with van der Waals surface area (Å²) in [6.07, 6.45) is 0. The normalized spacial score (nSPS) is 10.8. The van der Waals surface area contributed by atoms with Gasteiger partial charge in [0.1, 0.15) is 17.2 Å². The molecule has 0 atom stereocenters. The van der Waals surface area contributed by atoms with E-state index in [1.165, 1.54) is 23.9 Å². The van der Waals surface area contributed by atoms with Crippen LogP contribution in [0.25, 0.3) is 11.5 Å². The summed E-state index contributed by atoms with van der Waals surface area (Å²) in [5.74, 6) is 2.50. The van der Waals surface area contributed by atoms with Crippen molar-refractivity contribution in [1.29, 1.82) is 0 Å². The van der Waals surface area contributed by atoms with Crippen LogP contribution in [-0.2, 0) is 0 Å². The van der Waals surface area contributed by atoms with Crippen molar-refractivity contribution in [2.24, 2.45) is 0 Å².